The molecule has 72 valence electrons. The lowest BCUT2D eigenvalue weighted by Crippen LogP contribution is -1.96. The van der Waals surface area contributed by atoms with E-state index in [4.69, 9.17) is 4.74 Å². The second-order valence-electron chi connectivity index (χ2n) is 2.31. The third kappa shape index (κ3) is 6.95. The third-order valence-corrected chi connectivity index (χ3v) is 1.24. The Balaban J connectivity index is 3.71. The number of rotatable bonds is 3. The van der Waals surface area contributed by atoms with E-state index in [0.29, 0.717) is 0 Å². The van der Waals surface area contributed by atoms with Gasteiger partial charge in [-0.1, -0.05) is 6.92 Å². The van der Waals surface area contributed by atoms with Crippen molar-refractivity contribution in [3.63, 3.8) is 0 Å². The summed E-state index contributed by atoms with van der Waals surface area (Å²) in [5.74, 6) is 5.08. The van der Waals surface area contributed by atoms with Gasteiger partial charge in [-0.3, -0.25) is 0 Å². The summed E-state index contributed by atoms with van der Waals surface area (Å²) in [6, 6.07) is 0. The third-order valence-electron chi connectivity index (χ3n) is 1.24. The standard InChI is InChI=1S/C10H14O3/c1-4-6-9(2)13-8-5-7-10(11)12-3/h6H,4,8H2,1-3H3. The van der Waals surface area contributed by atoms with Crippen LogP contribution in [0.4, 0.5) is 0 Å². The predicted molar refractivity (Wildman–Crippen MR) is 49.8 cm³/mol. The van der Waals surface area contributed by atoms with Crippen LogP contribution in [0.25, 0.3) is 0 Å². The molecule has 3 nitrogen and oxygen atoms in total. The van der Waals surface area contributed by atoms with Crippen molar-refractivity contribution in [1.82, 2.24) is 0 Å². The van der Waals surface area contributed by atoms with Crippen molar-refractivity contribution < 1.29 is 14.3 Å². The van der Waals surface area contributed by atoms with Crippen LogP contribution in [0.3, 0.4) is 0 Å². The van der Waals surface area contributed by atoms with Crippen LogP contribution in [0.2, 0.25) is 0 Å². The van der Waals surface area contributed by atoms with E-state index in [9.17, 15) is 4.79 Å². The Kier molecular flexibility index (Phi) is 6.44. The predicted octanol–water partition coefficient (Wildman–Crippen LogP) is 1.49. The van der Waals surface area contributed by atoms with E-state index < -0.39 is 5.97 Å². The van der Waals surface area contributed by atoms with Gasteiger partial charge in [-0.15, -0.1) is 0 Å². The molecule has 0 aromatic rings. The van der Waals surface area contributed by atoms with Crippen LogP contribution in [0.5, 0.6) is 0 Å². The molecule has 0 aliphatic heterocycles. The highest BCUT2D eigenvalue weighted by atomic mass is 16.5. The van der Waals surface area contributed by atoms with Crippen molar-refractivity contribution >= 4 is 5.97 Å². The smallest absolute Gasteiger partial charge is 0.384 e. The Hall–Kier alpha value is -1.43. The van der Waals surface area contributed by atoms with Crippen molar-refractivity contribution in [2.24, 2.45) is 0 Å². The second-order valence-corrected chi connectivity index (χ2v) is 2.31. The van der Waals surface area contributed by atoms with E-state index in [-0.39, 0.29) is 6.61 Å². The molecule has 0 atom stereocenters. The molecule has 13 heavy (non-hydrogen) atoms. The van der Waals surface area contributed by atoms with E-state index in [1.54, 1.807) is 0 Å². The van der Waals surface area contributed by atoms with Crippen LogP contribution >= 0.6 is 0 Å². The number of allylic oxidation sites excluding steroid dienone is 2. The molecule has 0 rings (SSSR count). The number of esters is 1. The van der Waals surface area contributed by atoms with E-state index in [0.717, 1.165) is 12.2 Å². The Morgan fingerprint density at radius 1 is 1.54 bits per heavy atom. The lowest BCUT2D eigenvalue weighted by molar-refractivity contribution is -0.133. The molecule has 0 N–H and O–H groups in total. The van der Waals surface area contributed by atoms with Crippen molar-refractivity contribution in [3.05, 3.63) is 11.8 Å². The Labute approximate surface area is 78.7 Å². The van der Waals surface area contributed by atoms with Crippen molar-refractivity contribution in [2.45, 2.75) is 20.3 Å². The van der Waals surface area contributed by atoms with Gasteiger partial charge in [0, 0.05) is 5.92 Å². The maximum Gasteiger partial charge on any atom is 0.384 e. The summed E-state index contributed by atoms with van der Waals surface area (Å²) in [5, 5.41) is 0. The summed E-state index contributed by atoms with van der Waals surface area (Å²) in [5.41, 5.74) is 0. The number of methoxy groups -OCH3 is 1. The molecule has 0 aliphatic carbocycles. The highest BCUT2D eigenvalue weighted by molar-refractivity contribution is 5.88. The quantitative estimate of drug-likeness (QED) is 0.287. The summed E-state index contributed by atoms with van der Waals surface area (Å²) in [6.07, 6.45) is 2.87. The van der Waals surface area contributed by atoms with E-state index >= 15 is 0 Å². The first-order valence-electron chi connectivity index (χ1n) is 4.07. The summed E-state index contributed by atoms with van der Waals surface area (Å²) in [7, 11) is 1.29. The molecule has 0 aliphatic rings. The minimum Gasteiger partial charge on any atom is -0.486 e. The zero-order valence-electron chi connectivity index (χ0n) is 8.22. The van der Waals surface area contributed by atoms with E-state index in [1.807, 2.05) is 19.9 Å². The number of hydrogen-bond acceptors (Lipinski definition) is 3. The molecule has 0 unspecified atom stereocenters. The fraction of sp³-hybridized carbons (Fsp3) is 0.500. The number of ether oxygens (including phenoxy) is 2. The zero-order chi connectivity index (χ0) is 10.1. The van der Waals surface area contributed by atoms with Gasteiger partial charge in [0.2, 0.25) is 0 Å². The molecule has 0 bridgehead atoms. The SMILES string of the molecule is CCC=C(C)OCC#CC(=O)OC. The zero-order valence-corrected chi connectivity index (χ0v) is 8.22. The average molecular weight is 182 g/mol. The van der Waals surface area contributed by atoms with Gasteiger partial charge in [-0.05, 0) is 25.3 Å². The maximum atomic E-state index is 10.5. The van der Waals surface area contributed by atoms with Crippen LogP contribution < -0.4 is 0 Å². The first-order chi connectivity index (χ1) is 6.20. The molecule has 0 spiro atoms. The highest BCUT2D eigenvalue weighted by Crippen LogP contribution is 1.95. The summed E-state index contributed by atoms with van der Waals surface area (Å²) < 4.78 is 9.48. The molecule has 3 heteroatoms. The monoisotopic (exact) mass is 182 g/mol. The summed E-state index contributed by atoms with van der Waals surface area (Å²) >= 11 is 0. The number of hydrogen-bond donors (Lipinski definition) is 0. The van der Waals surface area contributed by atoms with Gasteiger partial charge < -0.3 is 9.47 Å². The summed E-state index contributed by atoms with van der Waals surface area (Å²) in [6.45, 7) is 4.09. The first-order valence-corrected chi connectivity index (χ1v) is 4.07. The van der Waals surface area contributed by atoms with Crippen LogP contribution in [0, 0.1) is 11.8 Å². The second kappa shape index (κ2) is 7.23. The Bertz CT molecular complexity index is 243. The fourth-order valence-electron chi connectivity index (χ4n) is 0.656. The van der Waals surface area contributed by atoms with Crippen molar-refractivity contribution in [2.75, 3.05) is 13.7 Å². The van der Waals surface area contributed by atoms with Crippen LogP contribution in [-0.4, -0.2) is 19.7 Å². The summed E-state index contributed by atoms with van der Waals surface area (Å²) in [4.78, 5) is 10.5. The van der Waals surface area contributed by atoms with Gasteiger partial charge in [-0.2, -0.15) is 0 Å². The minimum absolute atomic E-state index is 0.220. The largest absolute Gasteiger partial charge is 0.486 e. The van der Waals surface area contributed by atoms with E-state index in [2.05, 4.69) is 16.6 Å². The van der Waals surface area contributed by atoms with Crippen molar-refractivity contribution in [1.29, 1.82) is 0 Å². The van der Waals surface area contributed by atoms with Gasteiger partial charge in [0.15, 0.2) is 0 Å². The topological polar surface area (TPSA) is 35.5 Å². The highest BCUT2D eigenvalue weighted by Gasteiger charge is 1.89. The molecule has 0 saturated heterocycles. The van der Waals surface area contributed by atoms with Gasteiger partial charge >= 0.3 is 5.97 Å². The molecule has 0 radical (unpaired) electrons. The minimum atomic E-state index is -0.541. The average Bonchev–Trinajstić information content (AvgIpc) is 2.12. The Morgan fingerprint density at radius 3 is 2.77 bits per heavy atom. The van der Waals surface area contributed by atoms with Crippen LogP contribution in [0.15, 0.2) is 11.8 Å². The molecule has 0 fully saturated rings. The normalized spacial score (nSPS) is 9.92. The molecule has 0 saturated carbocycles. The first kappa shape index (κ1) is 11.6. The molecular weight excluding hydrogens is 168 g/mol. The van der Waals surface area contributed by atoms with Crippen LogP contribution in [-0.2, 0) is 14.3 Å². The Morgan fingerprint density at radius 2 is 2.23 bits per heavy atom. The van der Waals surface area contributed by atoms with Gasteiger partial charge in [0.05, 0.1) is 12.9 Å². The fourth-order valence-corrected chi connectivity index (χ4v) is 0.656. The van der Waals surface area contributed by atoms with Crippen molar-refractivity contribution in [3.8, 4) is 11.8 Å². The van der Waals surface area contributed by atoms with Gasteiger partial charge in [-0.25, -0.2) is 4.79 Å². The number of carbonyl (C=O) groups is 1. The van der Waals surface area contributed by atoms with Gasteiger partial charge in [0.1, 0.15) is 6.61 Å². The molecule has 0 heterocycles. The van der Waals surface area contributed by atoms with E-state index in [1.165, 1.54) is 7.11 Å². The molecule has 0 aromatic heterocycles. The lowest BCUT2D eigenvalue weighted by Gasteiger charge is -1.99. The molecule has 0 aromatic carbocycles. The maximum absolute atomic E-state index is 10.5. The van der Waals surface area contributed by atoms with Crippen LogP contribution in [0.1, 0.15) is 20.3 Å². The molecule has 0 amide bonds. The molecular formula is C10H14O3. The van der Waals surface area contributed by atoms with Gasteiger partial charge in [0.25, 0.3) is 0 Å². The number of carbonyl (C=O) groups excluding carboxylic acids is 1. The lowest BCUT2D eigenvalue weighted by atomic mass is 10.4.